The van der Waals surface area contributed by atoms with Crippen LogP contribution in [0.4, 0.5) is 0 Å². The standard InChI is InChI=1S/C15H16ClN3O/c1-2-5-19-14-4-3-12(16)10-13(14)17-15(19)11-18-6-8-20-9-7-18/h1,3-4,10H,5-9,11H2. The molecule has 0 aliphatic carbocycles. The van der Waals surface area contributed by atoms with Crippen LogP contribution in [0.5, 0.6) is 0 Å². The summed E-state index contributed by atoms with van der Waals surface area (Å²) in [5.41, 5.74) is 1.94. The van der Waals surface area contributed by atoms with E-state index in [2.05, 4.69) is 20.4 Å². The summed E-state index contributed by atoms with van der Waals surface area (Å²) in [5.74, 6) is 3.69. The SMILES string of the molecule is C#CCn1c(CN2CCOCC2)nc2cc(Cl)ccc21. The van der Waals surface area contributed by atoms with Gasteiger partial charge in [0.1, 0.15) is 5.82 Å². The lowest BCUT2D eigenvalue weighted by atomic mass is 10.3. The second-order valence-corrected chi connectivity index (χ2v) is 5.28. The fourth-order valence-corrected chi connectivity index (χ4v) is 2.67. The van der Waals surface area contributed by atoms with Crippen LogP contribution in [0.2, 0.25) is 5.02 Å². The third-order valence-corrected chi connectivity index (χ3v) is 3.74. The van der Waals surface area contributed by atoms with Gasteiger partial charge in [-0.3, -0.25) is 4.90 Å². The van der Waals surface area contributed by atoms with Crippen molar-refractivity contribution in [2.24, 2.45) is 0 Å². The minimum absolute atomic E-state index is 0.526. The fraction of sp³-hybridized carbons (Fsp3) is 0.400. The topological polar surface area (TPSA) is 30.3 Å². The molecule has 0 amide bonds. The normalized spacial score (nSPS) is 16.4. The number of halogens is 1. The molecule has 1 fully saturated rings. The van der Waals surface area contributed by atoms with Crippen molar-refractivity contribution in [3.05, 3.63) is 29.0 Å². The molecule has 2 heterocycles. The molecule has 1 aromatic carbocycles. The first-order valence-corrected chi connectivity index (χ1v) is 7.04. The lowest BCUT2D eigenvalue weighted by Crippen LogP contribution is -2.36. The van der Waals surface area contributed by atoms with Crippen molar-refractivity contribution in [3.63, 3.8) is 0 Å². The number of aromatic nitrogens is 2. The average Bonchev–Trinajstić information content (AvgIpc) is 2.77. The van der Waals surface area contributed by atoms with Crippen LogP contribution in [0.1, 0.15) is 5.82 Å². The lowest BCUT2D eigenvalue weighted by Gasteiger charge is -2.26. The van der Waals surface area contributed by atoms with Crippen LogP contribution >= 0.6 is 11.6 Å². The Morgan fingerprint density at radius 1 is 1.35 bits per heavy atom. The van der Waals surface area contributed by atoms with Crippen molar-refractivity contribution in [1.82, 2.24) is 14.5 Å². The van der Waals surface area contributed by atoms with E-state index >= 15 is 0 Å². The summed E-state index contributed by atoms with van der Waals surface area (Å²) in [6, 6.07) is 5.73. The maximum absolute atomic E-state index is 6.03. The van der Waals surface area contributed by atoms with Crippen LogP contribution < -0.4 is 0 Å². The summed E-state index contributed by atoms with van der Waals surface area (Å²) in [4.78, 5) is 7.02. The van der Waals surface area contributed by atoms with E-state index in [4.69, 9.17) is 22.8 Å². The number of terminal acetylenes is 1. The summed E-state index contributed by atoms with van der Waals surface area (Å²) in [6.07, 6.45) is 5.48. The summed E-state index contributed by atoms with van der Waals surface area (Å²) in [5, 5.41) is 0.695. The van der Waals surface area contributed by atoms with Gasteiger partial charge in [-0.25, -0.2) is 4.98 Å². The van der Waals surface area contributed by atoms with Gasteiger partial charge >= 0.3 is 0 Å². The van der Waals surface area contributed by atoms with Gasteiger partial charge in [0.05, 0.1) is 37.3 Å². The highest BCUT2D eigenvalue weighted by molar-refractivity contribution is 6.31. The zero-order chi connectivity index (χ0) is 13.9. The number of morpholine rings is 1. The van der Waals surface area contributed by atoms with E-state index in [1.165, 1.54) is 0 Å². The predicted molar refractivity (Wildman–Crippen MR) is 79.7 cm³/mol. The van der Waals surface area contributed by atoms with Crippen molar-refractivity contribution in [3.8, 4) is 12.3 Å². The van der Waals surface area contributed by atoms with E-state index in [0.717, 1.165) is 49.7 Å². The highest BCUT2D eigenvalue weighted by atomic mass is 35.5. The Bertz CT molecular complexity index is 653. The van der Waals surface area contributed by atoms with Gasteiger partial charge < -0.3 is 9.30 Å². The molecule has 0 N–H and O–H groups in total. The third kappa shape index (κ3) is 2.66. The molecule has 1 aliphatic heterocycles. The van der Waals surface area contributed by atoms with Crippen LogP contribution in [-0.2, 0) is 17.8 Å². The van der Waals surface area contributed by atoms with E-state index in [0.29, 0.717) is 11.6 Å². The van der Waals surface area contributed by atoms with Gasteiger partial charge in [-0.1, -0.05) is 17.5 Å². The number of benzene rings is 1. The molecule has 104 valence electrons. The minimum Gasteiger partial charge on any atom is -0.379 e. The van der Waals surface area contributed by atoms with Crippen LogP contribution in [0.25, 0.3) is 11.0 Å². The Hall–Kier alpha value is -1.54. The Morgan fingerprint density at radius 2 is 2.15 bits per heavy atom. The Labute approximate surface area is 123 Å². The lowest BCUT2D eigenvalue weighted by molar-refractivity contribution is 0.0327. The van der Waals surface area contributed by atoms with Gasteiger partial charge in [0.15, 0.2) is 0 Å². The molecular weight excluding hydrogens is 274 g/mol. The first-order valence-electron chi connectivity index (χ1n) is 6.66. The number of hydrogen-bond donors (Lipinski definition) is 0. The number of ether oxygens (including phenoxy) is 1. The molecule has 1 aromatic heterocycles. The van der Waals surface area contributed by atoms with Crippen molar-refractivity contribution in [1.29, 1.82) is 0 Å². The predicted octanol–water partition coefficient (Wildman–Crippen LogP) is 2.16. The van der Waals surface area contributed by atoms with Crippen LogP contribution in [0.15, 0.2) is 18.2 Å². The Morgan fingerprint density at radius 3 is 2.90 bits per heavy atom. The van der Waals surface area contributed by atoms with Gasteiger partial charge in [-0.2, -0.15) is 0 Å². The molecule has 0 saturated carbocycles. The molecule has 3 rings (SSSR count). The quantitative estimate of drug-likeness (QED) is 0.811. The van der Waals surface area contributed by atoms with Gasteiger partial charge in [0, 0.05) is 18.1 Å². The smallest absolute Gasteiger partial charge is 0.124 e. The van der Waals surface area contributed by atoms with E-state index in [9.17, 15) is 0 Å². The molecule has 0 atom stereocenters. The minimum atomic E-state index is 0.526. The first-order chi connectivity index (χ1) is 9.78. The molecule has 1 aliphatic rings. The highest BCUT2D eigenvalue weighted by Crippen LogP contribution is 2.21. The van der Waals surface area contributed by atoms with E-state index in [-0.39, 0.29) is 0 Å². The van der Waals surface area contributed by atoms with Crippen molar-refractivity contribution < 1.29 is 4.74 Å². The zero-order valence-corrected chi connectivity index (χ0v) is 11.9. The molecule has 0 spiro atoms. The molecule has 2 aromatic rings. The van der Waals surface area contributed by atoms with Crippen molar-refractivity contribution >= 4 is 22.6 Å². The average molecular weight is 290 g/mol. The van der Waals surface area contributed by atoms with E-state index < -0.39 is 0 Å². The maximum atomic E-state index is 6.03. The monoisotopic (exact) mass is 289 g/mol. The molecule has 0 radical (unpaired) electrons. The van der Waals surface area contributed by atoms with Crippen molar-refractivity contribution in [2.75, 3.05) is 26.3 Å². The van der Waals surface area contributed by atoms with Crippen LogP contribution in [0, 0.1) is 12.3 Å². The number of fused-ring (bicyclic) bond motifs is 1. The number of imidazole rings is 1. The summed E-state index contributed by atoms with van der Waals surface area (Å²) < 4.78 is 7.46. The largest absolute Gasteiger partial charge is 0.379 e. The summed E-state index contributed by atoms with van der Waals surface area (Å²) in [7, 11) is 0. The molecule has 5 heteroatoms. The molecule has 20 heavy (non-hydrogen) atoms. The summed E-state index contributed by atoms with van der Waals surface area (Å²) in [6.45, 7) is 4.73. The highest BCUT2D eigenvalue weighted by Gasteiger charge is 2.16. The molecule has 0 bridgehead atoms. The van der Waals surface area contributed by atoms with E-state index in [1.807, 2.05) is 18.2 Å². The van der Waals surface area contributed by atoms with E-state index in [1.54, 1.807) is 0 Å². The molecular formula is C15H16ClN3O. The number of hydrogen-bond acceptors (Lipinski definition) is 3. The van der Waals surface area contributed by atoms with Gasteiger partial charge in [-0.15, -0.1) is 6.42 Å². The van der Waals surface area contributed by atoms with Crippen LogP contribution in [-0.4, -0.2) is 40.8 Å². The number of nitrogens with zero attached hydrogens (tertiary/aromatic N) is 3. The summed E-state index contributed by atoms with van der Waals surface area (Å²) >= 11 is 6.03. The fourth-order valence-electron chi connectivity index (χ4n) is 2.50. The Balaban J connectivity index is 1.95. The van der Waals surface area contributed by atoms with Gasteiger partial charge in [0.2, 0.25) is 0 Å². The van der Waals surface area contributed by atoms with Crippen LogP contribution in [0.3, 0.4) is 0 Å². The first kappa shape index (κ1) is 13.4. The molecule has 1 saturated heterocycles. The van der Waals surface area contributed by atoms with Gasteiger partial charge in [-0.05, 0) is 18.2 Å². The second kappa shape index (κ2) is 5.84. The third-order valence-electron chi connectivity index (χ3n) is 3.51. The maximum Gasteiger partial charge on any atom is 0.124 e. The second-order valence-electron chi connectivity index (χ2n) is 4.84. The van der Waals surface area contributed by atoms with Crippen molar-refractivity contribution in [2.45, 2.75) is 13.1 Å². The molecule has 0 unspecified atom stereocenters. The number of rotatable bonds is 3. The molecule has 4 nitrogen and oxygen atoms in total. The zero-order valence-electron chi connectivity index (χ0n) is 11.2. The van der Waals surface area contributed by atoms with Gasteiger partial charge in [0.25, 0.3) is 0 Å². The Kier molecular flexibility index (Phi) is 3.93.